The molecule has 0 bridgehead atoms. The quantitative estimate of drug-likeness (QED) is 0.583. The number of carbonyl (C=O) groups excluding carboxylic acids is 1. The Morgan fingerprint density at radius 3 is 2.11 bits per heavy atom. The normalized spacial score (nSPS) is 11.6. The van der Waals surface area contributed by atoms with Crippen molar-refractivity contribution in [1.29, 1.82) is 0 Å². The number of hydrogen-bond acceptors (Lipinski definition) is 2. The molecule has 19 heavy (non-hydrogen) atoms. The summed E-state index contributed by atoms with van der Waals surface area (Å²) < 4.78 is 0. The molecule has 0 aromatic heterocycles. The Morgan fingerprint density at radius 1 is 1.05 bits per heavy atom. The van der Waals surface area contributed by atoms with Crippen LogP contribution in [0.5, 0.6) is 0 Å². The van der Waals surface area contributed by atoms with Crippen LogP contribution in [0.15, 0.2) is 0 Å². The van der Waals surface area contributed by atoms with E-state index in [0.29, 0.717) is 13.0 Å². The van der Waals surface area contributed by atoms with E-state index in [1.54, 1.807) is 0 Å². The van der Waals surface area contributed by atoms with Gasteiger partial charge in [-0.15, -0.1) is 0 Å². The predicted octanol–water partition coefficient (Wildman–Crippen LogP) is 3.57. The lowest BCUT2D eigenvalue weighted by Gasteiger charge is -2.29. The molecule has 0 aliphatic carbocycles. The third-order valence-corrected chi connectivity index (χ3v) is 3.64. The first-order valence-electron chi connectivity index (χ1n) is 7.87. The number of nitrogens with two attached hydrogens (primary N) is 1. The lowest BCUT2D eigenvalue weighted by atomic mass is 9.93. The van der Waals surface area contributed by atoms with E-state index in [2.05, 4.69) is 20.8 Å². The fourth-order valence-corrected chi connectivity index (χ4v) is 2.22. The molecular weight excluding hydrogens is 236 g/mol. The van der Waals surface area contributed by atoms with Gasteiger partial charge in [-0.25, -0.2) is 0 Å². The standard InChI is InChI=1S/C16H34N2O/c1-5-6-7-8-9-10-11-12-15(19)18(4)14-16(2,3)13-17/h5-14,17H2,1-4H3. The van der Waals surface area contributed by atoms with Crippen LogP contribution in [0.25, 0.3) is 0 Å². The first-order valence-corrected chi connectivity index (χ1v) is 7.87. The van der Waals surface area contributed by atoms with Crippen LogP contribution in [0.4, 0.5) is 0 Å². The van der Waals surface area contributed by atoms with Crippen LogP contribution in [-0.2, 0) is 4.79 Å². The van der Waals surface area contributed by atoms with Crippen LogP contribution >= 0.6 is 0 Å². The molecule has 0 spiro atoms. The lowest BCUT2D eigenvalue weighted by Crippen LogP contribution is -2.39. The van der Waals surface area contributed by atoms with Crippen LogP contribution in [0.2, 0.25) is 0 Å². The highest BCUT2D eigenvalue weighted by atomic mass is 16.2. The minimum Gasteiger partial charge on any atom is -0.345 e. The van der Waals surface area contributed by atoms with Crippen molar-refractivity contribution in [2.45, 2.75) is 72.1 Å². The van der Waals surface area contributed by atoms with Gasteiger partial charge in [0.25, 0.3) is 0 Å². The maximum atomic E-state index is 12.0. The summed E-state index contributed by atoms with van der Waals surface area (Å²) >= 11 is 0. The molecule has 0 aromatic carbocycles. The molecule has 2 N–H and O–H groups in total. The van der Waals surface area contributed by atoms with Gasteiger partial charge in [0.05, 0.1) is 0 Å². The first-order chi connectivity index (χ1) is 8.93. The van der Waals surface area contributed by atoms with Crippen LogP contribution in [0.3, 0.4) is 0 Å². The monoisotopic (exact) mass is 270 g/mol. The molecule has 0 saturated carbocycles. The summed E-state index contributed by atoms with van der Waals surface area (Å²) in [5.74, 6) is 0.259. The van der Waals surface area contributed by atoms with E-state index in [9.17, 15) is 4.79 Å². The number of unbranched alkanes of at least 4 members (excludes halogenated alkanes) is 6. The Kier molecular flexibility index (Phi) is 9.94. The summed E-state index contributed by atoms with van der Waals surface area (Å²) in [6.07, 6.45) is 9.46. The minimum absolute atomic E-state index is 0.0184. The molecule has 0 rings (SSSR count). The van der Waals surface area contributed by atoms with Gasteiger partial charge < -0.3 is 10.6 Å². The largest absolute Gasteiger partial charge is 0.345 e. The van der Waals surface area contributed by atoms with Gasteiger partial charge in [0.2, 0.25) is 5.91 Å². The average molecular weight is 270 g/mol. The number of hydrogen-bond donors (Lipinski definition) is 1. The lowest BCUT2D eigenvalue weighted by molar-refractivity contribution is -0.131. The Balaban J connectivity index is 3.63. The van der Waals surface area contributed by atoms with E-state index in [1.165, 1.54) is 38.5 Å². The zero-order valence-electron chi connectivity index (χ0n) is 13.5. The molecule has 0 aliphatic heterocycles. The van der Waals surface area contributed by atoms with E-state index in [0.717, 1.165) is 13.0 Å². The molecule has 3 heteroatoms. The minimum atomic E-state index is 0.0184. The number of amides is 1. The van der Waals surface area contributed by atoms with Gasteiger partial charge in [-0.3, -0.25) is 4.79 Å². The Labute approximate surface area is 119 Å². The van der Waals surface area contributed by atoms with Gasteiger partial charge in [0, 0.05) is 20.0 Å². The molecule has 0 heterocycles. The van der Waals surface area contributed by atoms with Crippen LogP contribution in [0, 0.1) is 5.41 Å². The molecule has 0 saturated heterocycles. The van der Waals surface area contributed by atoms with Crippen molar-refractivity contribution in [2.24, 2.45) is 11.1 Å². The molecule has 0 radical (unpaired) electrons. The molecule has 0 fully saturated rings. The zero-order valence-corrected chi connectivity index (χ0v) is 13.5. The maximum absolute atomic E-state index is 12.0. The maximum Gasteiger partial charge on any atom is 0.222 e. The fraction of sp³-hybridized carbons (Fsp3) is 0.938. The second-order valence-corrected chi connectivity index (χ2v) is 6.49. The third kappa shape index (κ3) is 9.94. The summed E-state index contributed by atoms with van der Waals surface area (Å²) in [6.45, 7) is 7.80. The fourth-order valence-electron chi connectivity index (χ4n) is 2.22. The molecule has 3 nitrogen and oxygen atoms in total. The van der Waals surface area contributed by atoms with E-state index in [-0.39, 0.29) is 11.3 Å². The van der Waals surface area contributed by atoms with Gasteiger partial charge in [0.1, 0.15) is 0 Å². The van der Waals surface area contributed by atoms with Crippen molar-refractivity contribution in [2.75, 3.05) is 20.1 Å². The molecule has 114 valence electrons. The van der Waals surface area contributed by atoms with Crippen LogP contribution in [-0.4, -0.2) is 30.9 Å². The topological polar surface area (TPSA) is 46.3 Å². The third-order valence-electron chi connectivity index (χ3n) is 3.64. The van der Waals surface area contributed by atoms with Crippen LogP contribution in [0.1, 0.15) is 72.1 Å². The zero-order chi connectivity index (χ0) is 14.7. The van der Waals surface area contributed by atoms with Gasteiger partial charge in [-0.05, 0) is 18.4 Å². The molecule has 0 aromatic rings. The van der Waals surface area contributed by atoms with Gasteiger partial charge in [-0.1, -0.05) is 59.3 Å². The predicted molar refractivity (Wildman–Crippen MR) is 83.1 cm³/mol. The number of rotatable bonds is 11. The Bertz CT molecular complexity index is 239. The van der Waals surface area contributed by atoms with E-state index < -0.39 is 0 Å². The highest BCUT2D eigenvalue weighted by molar-refractivity contribution is 5.75. The summed E-state index contributed by atoms with van der Waals surface area (Å²) in [7, 11) is 1.89. The first kappa shape index (κ1) is 18.4. The SMILES string of the molecule is CCCCCCCCCC(=O)N(C)CC(C)(C)CN. The molecule has 0 aliphatic rings. The molecular formula is C16H34N2O. The number of carbonyl (C=O) groups is 1. The second kappa shape index (κ2) is 10.2. The van der Waals surface area contributed by atoms with Crippen molar-refractivity contribution >= 4 is 5.91 Å². The average Bonchev–Trinajstić information content (AvgIpc) is 2.37. The highest BCUT2D eigenvalue weighted by Gasteiger charge is 2.20. The summed E-state index contributed by atoms with van der Waals surface area (Å²) in [5.41, 5.74) is 5.71. The van der Waals surface area contributed by atoms with Gasteiger partial charge in [-0.2, -0.15) is 0 Å². The van der Waals surface area contributed by atoms with Crippen molar-refractivity contribution in [3.63, 3.8) is 0 Å². The molecule has 0 unspecified atom stereocenters. The van der Waals surface area contributed by atoms with Crippen molar-refractivity contribution in [1.82, 2.24) is 4.90 Å². The highest BCUT2D eigenvalue weighted by Crippen LogP contribution is 2.15. The van der Waals surface area contributed by atoms with Gasteiger partial charge in [0.15, 0.2) is 0 Å². The van der Waals surface area contributed by atoms with Crippen LogP contribution < -0.4 is 5.73 Å². The van der Waals surface area contributed by atoms with Crippen molar-refractivity contribution < 1.29 is 4.79 Å². The van der Waals surface area contributed by atoms with Crippen molar-refractivity contribution in [3.05, 3.63) is 0 Å². The Hall–Kier alpha value is -0.570. The second-order valence-electron chi connectivity index (χ2n) is 6.49. The molecule has 1 amide bonds. The van der Waals surface area contributed by atoms with Crippen molar-refractivity contribution in [3.8, 4) is 0 Å². The van der Waals surface area contributed by atoms with Gasteiger partial charge >= 0.3 is 0 Å². The number of nitrogens with zero attached hydrogens (tertiary/aromatic N) is 1. The summed E-state index contributed by atoms with van der Waals surface area (Å²) in [4.78, 5) is 13.8. The van der Waals surface area contributed by atoms with E-state index in [1.807, 2.05) is 11.9 Å². The molecule has 0 atom stereocenters. The van der Waals surface area contributed by atoms with E-state index in [4.69, 9.17) is 5.73 Å². The summed E-state index contributed by atoms with van der Waals surface area (Å²) in [5, 5.41) is 0. The van der Waals surface area contributed by atoms with E-state index >= 15 is 0 Å². The Morgan fingerprint density at radius 2 is 1.58 bits per heavy atom. The summed E-state index contributed by atoms with van der Waals surface area (Å²) in [6, 6.07) is 0. The smallest absolute Gasteiger partial charge is 0.222 e.